The fourth-order valence-electron chi connectivity index (χ4n) is 4.76. The number of carbonyl (C=O) groups excluding carboxylic acids is 2. The van der Waals surface area contributed by atoms with Gasteiger partial charge in [-0.25, -0.2) is 0 Å². The lowest BCUT2D eigenvalue weighted by molar-refractivity contribution is -0.384. The van der Waals surface area contributed by atoms with Crippen LogP contribution in [-0.2, 0) is 0 Å². The molecule has 0 aliphatic carbocycles. The number of likely N-dealkylation sites (tertiary alicyclic amines) is 1. The van der Waals surface area contributed by atoms with Gasteiger partial charge in [0.2, 0.25) is 0 Å². The van der Waals surface area contributed by atoms with Crippen LogP contribution in [0.25, 0.3) is 10.8 Å². The molecular formula is C25H23N3O4S. The van der Waals surface area contributed by atoms with Crippen LogP contribution in [0.2, 0.25) is 0 Å². The van der Waals surface area contributed by atoms with E-state index >= 15 is 0 Å². The summed E-state index contributed by atoms with van der Waals surface area (Å²) >= 11 is 1.78. The Labute approximate surface area is 195 Å². The normalized spacial score (nSPS) is 17.5. The highest BCUT2D eigenvalue weighted by atomic mass is 32.2. The number of nitrogens with zero attached hydrogens (tertiary/aromatic N) is 3. The number of amides is 2. The van der Waals surface area contributed by atoms with Crippen LogP contribution in [-0.4, -0.2) is 56.8 Å². The van der Waals surface area contributed by atoms with Crippen LogP contribution in [0.3, 0.4) is 0 Å². The summed E-state index contributed by atoms with van der Waals surface area (Å²) in [5.74, 6) is 0.758. The van der Waals surface area contributed by atoms with E-state index in [0.717, 1.165) is 16.5 Å². The Morgan fingerprint density at radius 1 is 0.848 bits per heavy atom. The number of thioether (sulfide) groups is 1. The zero-order valence-electron chi connectivity index (χ0n) is 18.0. The maximum Gasteiger partial charge on any atom is 0.269 e. The fourth-order valence-corrected chi connectivity index (χ4v) is 6.21. The molecule has 0 aromatic heterocycles. The van der Waals surface area contributed by atoms with Crippen molar-refractivity contribution >= 4 is 40.0 Å². The van der Waals surface area contributed by atoms with E-state index in [0.29, 0.717) is 43.6 Å². The van der Waals surface area contributed by atoms with Crippen LogP contribution >= 0.6 is 11.8 Å². The van der Waals surface area contributed by atoms with Crippen molar-refractivity contribution in [2.45, 2.75) is 17.7 Å². The number of hydrogen-bond acceptors (Lipinski definition) is 5. The molecule has 1 spiro atoms. The summed E-state index contributed by atoms with van der Waals surface area (Å²) in [6.45, 7) is 1.81. The summed E-state index contributed by atoms with van der Waals surface area (Å²) in [4.78, 5) is 40.3. The minimum atomic E-state index is -0.469. The molecule has 2 aliphatic heterocycles. The molecule has 0 unspecified atom stereocenters. The molecule has 2 saturated heterocycles. The molecule has 33 heavy (non-hydrogen) atoms. The van der Waals surface area contributed by atoms with E-state index in [2.05, 4.69) is 0 Å². The van der Waals surface area contributed by atoms with Gasteiger partial charge < -0.3 is 9.80 Å². The second-order valence-electron chi connectivity index (χ2n) is 8.41. The van der Waals surface area contributed by atoms with Gasteiger partial charge in [-0.15, -0.1) is 11.8 Å². The number of hydrogen-bond donors (Lipinski definition) is 0. The van der Waals surface area contributed by atoms with E-state index in [1.807, 2.05) is 52.3 Å². The molecule has 8 heteroatoms. The van der Waals surface area contributed by atoms with Crippen molar-refractivity contribution in [3.63, 3.8) is 0 Å². The number of piperidine rings is 1. The lowest BCUT2D eigenvalue weighted by Gasteiger charge is -2.44. The molecule has 2 aliphatic rings. The molecule has 2 fully saturated rings. The van der Waals surface area contributed by atoms with Gasteiger partial charge in [-0.3, -0.25) is 19.7 Å². The molecule has 3 aromatic carbocycles. The quantitative estimate of drug-likeness (QED) is 0.421. The van der Waals surface area contributed by atoms with Crippen molar-refractivity contribution in [1.82, 2.24) is 9.80 Å². The van der Waals surface area contributed by atoms with E-state index in [-0.39, 0.29) is 22.4 Å². The molecular weight excluding hydrogens is 438 g/mol. The van der Waals surface area contributed by atoms with E-state index in [9.17, 15) is 19.7 Å². The number of fused-ring (bicyclic) bond motifs is 1. The molecule has 5 rings (SSSR count). The zero-order chi connectivity index (χ0) is 23.0. The first kappa shape index (κ1) is 21.5. The molecule has 2 amide bonds. The van der Waals surface area contributed by atoms with Gasteiger partial charge in [-0.05, 0) is 47.9 Å². The van der Waals surface area contributed by atoms with Gasteiger partial charge >= 0.3 is 0 Å². The van der Waals surface area contributed by atoms with Gasteiger partial charge in [0.1, 0.15) is 0 Å². The number of rotatable bonds is 3. The van der Waals surface area contributed by atoms with E-state index < -0.39 is 4.92 Å². The van der Waals surface area contributed by atoms with E-state index in [1.165, 1.54) is 24.3 Å². The molecule has 0 atom stereocenters. The van der Waals surface area contributed by atoms with Crippen LogP contribution in [0.5, 0.6) is 0 Å². The first-order valence-electron chi connectivity index (χ1n) is 11.0. The topological polar surface area (TPSA) is 83.8 Å². The minimum Gasteiger partial charge on any atom is -0.338 e. The van der Waals surface area contributed by atoms with Gasteiger partial charge in [0, 0.05) is 48.6 Å². The summed E-state index contributed by atoms with van der Waals surface area (Å²) in [5.41, 5.74) is 1.11. The average molecular weight is 462 g/mol. The van der Waals surface area contributed by atoms with E-state index in [4.69, 9.17) is 0 Å². The molecule has 3 aromatic rings. The Balaban J connectivity index is 1.29. The van der Waals surface area contributed by atoms with E-state index in [1.54, 1.807) is 11.8 Å². The van der Waals surface area contributed by atoms with Gasteiger partial charge in [-0.2, -0.15) is 0 Å². The lowest BCUT2D eigenvalue weighted by atomic mass is 9.99. The van der Waals surface area contributed by atoms with Crippen LogP contribution < -0.4 is 0 Å². The Morgan fingerprint density at radius 3 is 2.21 bits per heavy atom. The van der Waals surface area contributed by atoms with Crippen molar-refractivity contribution in [2.75, 3.05) is 25.4 Å². The zero-order valence-corrected chi connectivity index (χ0v) is 18.8. The third kappa shape index (κ3) is 3.95. The van der Waals surface area contributed by atoms with Crippen molar-refractivity contribution in [2.24, 2.45) is 0 Å². The molecule has 0 saturated carbocycles. The molecule has 168 valence electrons. The summed E-state index contributed by atoms with van der Waals surface area (Å²) < 4.78 is 0. The number of nitro groups is 1. The second kappa shape index (κ2) is 8.51. The van der Waals surface area contributed by atoms with Gasteiger partial charge in [0.25, 0.3) is 17.5 Å². The fraction of sp³-hybridized carbons (Fsp3) is 0.280. The molecule has 0 bridgehead atoms. The van der Waals surface area contributed by atoms with Gasteiger partial charge in [0.05, 0.1) is 9.79 Å². The third-order valence-corrected chi connectivity index (χ3v) is 8.13. The lowest BCUT2D eigenvalue weighted by Crippen LogP contribution is -2.53. The summed E-state index contributed by atoms with van der Waals surface area (Å²) in [5, 5.41) is 13.1. The predicted molar refractivity (Wildman–Crippen MR) is 128 cm³/mol. The predicted octanol–water partition coefficient (Wildman–Crippen LogP) is 4.57. The molecule has 0 N–H and O–H groups in total. The highest BCUT2D eigenvalue weighted by Gasteiger charge is 2.47. The summed E-state index contributed by atoms with van der Waals surface area (Å²) in [6.07, 6.45) is 1.41. The first-order valence-corrected chi connectivity index (χ1v) is 11.9. The number of carbonyl (C=O) groups is 2. The minimum absolute atomic E-state index is 0.0202. The smallest absolute Gasteiger partial charge is 0.269 e. The van der Waals surface area contributed by atoms with Crippen LogP contribution in [0.1, 0.15) is 33.6 Å². The van der Waals surface area contributed by atoms with Crippen LogP contribution in [0.4, 0.5) is 5.69 Å². The standard InChI is InChI=1S/C25H23N3O4S/c29-23(21-6-5-18-3-1-2-4-20(18)17-21)26-13-11-25(12-14-26)27(15-16-33-25)24(30)19-7-9-22(10-8-19)28(31)32/h1-10,17H,11-16H2. The third-order valence-electron chi connectivity index (χ3n) is 6.58. The summed E-state index contributed by atoms with van der Waals surface area (Å²) in [7, 11) is 0. The monoisotopic (exact) mass is 461 g/mol. The largest absolute Gasteiger partial charge is 0.338 e. The Hall–Kier alpha value is -3.39. The SMILES string of the molecule is O=C(c1ccc2ccccc2c1)N1CCC2(CC1)SCCN2C(=O)c1ccc([N+](=O)[O-])cc1. The van der Waals surface area contributed by atoms with Crippen molar-refractivity contribution < 1.29 is 14.5 Å². The van der Waals surface area contributed by atoms with Crippen molar-refractivity contribution in [1.29, 1.82) is 0 Å². The number of nitro benzene ring substituents is 1. The average Bonchev–Trinajstić information content (AvgIpc) is 3.26. The maximum atomic E-state index is 13.2. The van der Waals surface area contributed by atoms with Crippen molar-refractivity contribution in [3.05, 3.63) is 88.0 Å². The number of benzene rings is 3. The molecule has 7 nitrogen and oxygen atoms in total. The Morgan fingerprint density at radius 2 is 1.52 bits per heavy atom. The Bertz CT molecular complexity index is 1240. The highest BCUT2D eigenvalue weighted by Crippen LogP contribution is 2.44. The molecule has 2 heterocycles. The van der Waals surface area contributed by atoms with Crippen LogP contribution in [0.15, 0.2) is 66.7 Å². The first-order chi connectivity index (χ1) is 16.0. The van der Waals surface area contributed by atoms with Gasteiger partial charge in [-0.1, -0.05) is 30.3 Å². The number of non-ortho nitro benzene ring substituents is 1. The van der Waals surface area contributed by atoms with Gasteiger partial charge in [0.15, 0.2) is 0 Å². The summed E-state index contributed by atoms with van der Waals surface area (Å²) in [6, 6.07) is 19.6. The molecule has 0 radical (unpaired) electrons. The maximum absolute atomic E-state index is 13.2. The van der Waals surface area contributed by atoms with Crippen molar-refractivity contribution in [3.8, 4) is 0 Å². The highest BCUT2D eigenvalue weighted by molar-refractivity contribution is 8.00. The second-order valence-corrected chi connectivity index (χ2v) is 9.87. The Kier molecular flexibility index (Phi) is 5.54. The van der Waals surface area contributed by atoms with Crippen LogP contribution in [0, 0.1) is 10.1 Å².